The monoisotopic (exact) mass is 432 g/mol. The lowest BCUT2D eigenvalue weighted by atomic mass is 10.2. The number of carbonyl (C=O) groups is 1. The molecule has 150 valence electrons. The van der Waals surface area contributed by atoms with E-state index in [1.807, 2.05) is 30.5 Å². The van der Waals surface area contributed by atoms with Crippen molar-refractivity contribution in [2.75, 3.05) is 11.9 Å². The van der Waals surface area contributed by atoms with Crippen LogP contribution in [0, 0.1) is 19.7 Å². The SMILES string of the molecule is Cc1cc(/C=N\NC(=O)CNc2ccc(F)cc2)c(C)n1-c1ccc(Cl)cc1Cl. The van der Waals surface area contributed by atoms with Gasteiger partial charge in [0.2, 0.25) is 0 Å². The number of amides is 1. The number of carbonyl (C=O) groups excluding carboxylic acids is 1. The minimum atomic E-state index is -0.331. The van der Waals surface area contributed by atoms with Crippen LogP contribution in [0.5, 0.6) is 0 Å². The number of rotatable bonds is 6. The highest BCUT2D eigenvalue weighted by Crippen LogP contribution is 2.28. The minimum Gasteiger partial charge on any atom is -0.376 e. The molecule has 0 fully saturated rings. The van der Waals surface area contributed by atoms with E-state index in [1.54, 1.807) is 30.5 Å². The van der Waals surface area contributed by atoms with Crippen molar-refractivity contribution < 1.29 is 9.18 Å². The number of anilines is 1. The molecule has 0 aliphatic carbocycles. The van der Waals surface area contributed by atoms with Crippen LogP contribution in [0.2, 0.25) is 10.0 Å². The molecule has 0 radical (unpaired) electrons. The molecule has 0 saturated carbocycles. The predicted molar refractivity (Wildman–Crippen MR) is 116 cm³/mol. The number of hydrogen-bond acceptors (Lipinski definition) is 3. The number of nitrogens with one attached hydrogen (secondary N) is 2. The Labute approximate surface area is 178 Å². The van der Waals surface area contributed by atoms with Crippen LogP contribution in [0.25, 0.3) is 5.69 Å². The van der Waals surface area contributed by atoms with Crippen LogP contribution in [0.4, 0.5) is 10.1 Å². The molecule has 0 bridgehead atoms. The van der Waals surface area contributed by atoms with E-state index in [1.165, 1.54) is 12.1 Å². The van der Waals surface area contributed by atoms with Gasteiger partial charge < -0.3 is 9.88 Å². The van der Waals surface area contributed by atoms with Gasteiger partial charge in [-0.15, -0.1) is 0 Å². The van der Waals surface area contributed by atoms with Crippen LogP contribution in [-0.2, 0) is 4.79 Å². The van der Waals surface area contributed by atoms with Crippen molar-refractivity contribution in [3.8, 4) is 5.69 Å². The standard InChI is InChI=1S/C21H19Cl2FN4O/c1-13-9-15(14(2)28(13)20-8-3-16(22)10-19(20)23)11-26-27-21(29)12-25-18-6-4-17(24)5-7-18/h3-11,25H,12H2,1-2H3,(H,27,29)/b26-11-. The molecule has 0 saturated heterocycles. The molecule has 2 aromatic carbocycles. The predicted octanol–water partition coefficient (Wildman–Crippen LogP) is 5.10. The van der Waals surface area contributed by atoms with Crippen molar-refractivity contribution in [2.24, 2.45) is 5.10 Å². The first-order valence-electron chi connectivity index (χ1n) is 8.81. The van der Waals surface area contributed by atoms with Gasteiger partial charge in [-0.25, -0.2) is 9.82 Å². The van der Waals surface area contributed by atoms with Crippen molar-refractivity contribution in [1.29, 1.82) is 0 Å². The number of aromatic nitrogens is 1. The molecule has 0 aliphatic heterocycles. The van der Waals surface area contributed by atoms with Crippen molar-refractivity contribution >= 4 is 41.0 Å². The summed E-state index contributed by atoms with van der Waals surface area (Å²) in [4.78, 5) is 11.9. The third kappa shape index (κ3) is 5.16. The second kappa shape index (κ2) is 9.11. The second-order valence-corrected chi connectivity index (χ2v) is 7.25. The van der Waals surface area contributed by atoms with E-state index in [0.717, 1.165) is 22.6 Å². The van der Waals surface area contributed by atoms with Crippen LogP contribution in [0.1, 0.15) is 17.0 Å². The fraction of sp³-hybridized carbons (Fsp3) is 0.143. The summed E-state index contributed by atoms with van der Waals surface area (Å²) in [7, 11) is 0. The highest BCUT2D eigenvalue weighted by molar-refractivity contribution is 6.35. The largest absolute Gasteiger partial charge is 0.376 e. The summed E-state index contributed by atoms with van der Waals surface area (Å²) in [6.45, 7) is 3.92. The fourth-order valence-corrected chi connectivity index (χ4v) is 3.41. The van der Waals surface area contributed by atoms with Gasteiger partial charge in [0.05, 0.1) is 23.5 Å². The molecular weight excluding hydrogens is 414 g/mol. The lowest BCUT2D eigenvalue weighted by molar-refractivity contribution is -0.119. The zero-order chi connectivity index (χ0) is 21.0. The number of nitrogens with zero attached hydrogens (tertiary/aromatic N) is 2. The highest BCUT2D eigenvalue weighted by Gasteiger charge is 2.12. The maximum absolute atomic E-state index is 12.9. The molecule has 1 heterocycles. The number of hydrazone groups is 1. The Balaban J connectivity index is 1.65. The summed E-state index contributed by atoms with van der Waals surface area (Å²) >= 11 is 12.3. The molecule has 0 spiro atoms. The normalized spacial score (nSPS) is 11.1. The summed E-state index contributed by atoms with van der Waals surface area (Å²) in [6, 6.07) is 13.0. The van der Waals surface area contributed by atoms with Crippen molar-refractivity contribution in [1.82, 2.24) is 9.99 Å². The smallest absolute Gasteiger partial charge is 0.259 e. The van der Waals surface area contributed by atoms with Gasteiger partial charge in [0.1, 0.15) is 5.82 Å². The van der Waals surface area contributed by atoms with Crippen LogP contribution in [0.3, 0.4) is 0 Å². The van der Waals surface area contributed by atoms with Crippen LogP contribution < -0.4 is 10.7 Å². The Morgan fingerprint density at radius 1 is 1.14 bits per heavy atom. The molecule has 5 nitrogen and oxygen atoms in total. The average molecular weight is 433 g/mol. The highest BCUT2D eigenvalue weighted by atomic mass is 35.5. The number of aryl methyl sites for hydroxylation is 1. The molecule has 0 unspecified atom stereocenters. The molecule has 3 aromatic rings. The Hall–Kier alpha value is -2.83. The van der Waals surface area contributed by atoms with Crippen LogP contribution in [-0.4, -0.2) is 23.2 Å². The van der Waals surface area contributed by atoms with Gasteiger partial charge in [-0.05, 0) is 62.4 Å². The Morgan fingerprint density at radius 3 is 2.55 bits per heavy atom. The van der Waals surface area contributed by atoms with E-state index in [9.17, 15) is 9.18 Å². The number of benzene rings is 2. The van der Waals surface area contributed by atoms with E-state index < -0.39 is 0 Å². The van der Waals surface area contributed by atoms with Crippen molar-refractivity contribution in [2.45, 2.75) is 13.8 Å². The summed E-state index contributed by atoms with van der Waals surface area (Å²) in [5, 5.41) is 8.03. The molecule has 1 amide bonds. The minimum absolute atomic E-state index is 0.0162. The molecule has 29 heavy (non-hydrogen) atoms. The van der Waals surface area contributed by atoms with Gasteiger partial charge in [0.25, 0.3) is 5.91 Å². The maximum Gasteiger partial charge on any atom is 0.259 e. The second-order valence-electron chi connectivity index (χ2n) is 6.41. The maximum atomic E-state index is 12.9. The van der Waals surface area contributed by atoms with E-state index in [-0.39, 0.29) is 18.3 Å². The first-order valence-corrected chi connectivity index (χ1v) is 9.56. The quantitative estimate of drug-likeness (QED) is 0.420. The van der Waals surface area contributed by atoms with E-state index in [0.29, 0.717) is 15.7 Å². The van der Waals surface area contributed by atoms with Crippen LogP contribution in [0.15, 0.2) is 53.6 Å². The van der Waals surface area contributed by atoms with Gasteiger partial charge in [-0.3, -0.25) is 4.79 Å². The number of hydrogen-bond donors (Lipinski definition) is 2. The average Bonchev–Trinajstić information content (AvgIpc) is 2.95. The first kappa shape index (κ1) is 20.9. The third-order valence-electron chi connectivity index (χ3n) is 4.31. The lowest BCUT2D eigenvalue weighted by Crippen LogP contribution is -2.25. The molecule has 2 N–H and O–H groups in total. The van der Waals surface area contributed by atoms with Gasteiger partial charge in [0.15, 0.2) is 0 Å². The van der Waals surface area contributed by atoms with Gasteiger partial charge in [0, 0.05) is 27.7 Å². The zero-order valence-electron chi connectivity index (χ0n) is 15.8. The van der Waals surface area contributed by atoms with E-state index in [2.05, 4.69) is 15.8 Å². The topological polar surface area (TPSA) is 58.4 Å². The van der Waals surface area contributed by atoms with E-state index in [4.69, 9.17) is 23.2 Å². The molecule has 8 heteroatoms. The van der Waals surface area contributed by atoms with Crippen molar-refractivity contribution in [3.63, 3.8) is 0 Å². The third-order valence-corrected chi connectivity index (χ3v) is 4.85. The first-order chi connectivity index (χ1) is 13.8. The van der Waals surface area contributed by atoms with Gasteiger partial charge in [-0.1, -0.05) is 23.2 Å². The summed E-state index contributed by atoms with van der Waals surface area (Å²) in [5.41, 5.74) is 6.68. The molecule has 0 aliphatic rings. The Kier molecular flexibility index (Phi) is 6.56. The number of halogens is 3. The van der Waals surface area contributed by atoms with E-state index >= 15 is 0 Å². The van der Waals surface area contributed by atoms with Crippen molar-refractivity contribution in [3.05, 3.63) is 81.3 Å². The Morgan fingerprint density at radius 2 is 1.86 bits per heavy atom. The summed E-state index contributed by atoms with van der Waals surface area (Å²) in [6.07, 6.45) is 1.58. The summed E-state index contributed by atoms with van der Waals surface area (Å²) < 4.78 is 14.9. The summed E-state index contributed by atoms with van der Waals surface area (Å²) in [5.74, 6) is -0.651. The molecular formula is C21H19Cl2FN4O. The Bertz CT molecular complexity index is 1060. The van der Waals surface area contributed by atoms with Gasteiger partial charge >= 0.3 is 0 Å². The van der Waals surface area contributed by atoms with Gasteiger partial charge in [-0.2, -0.15) is 5.10 Å². The molecule has 0 atom stereocenters. The lowest BCUT2D eigenvalue weighted by Gasteiger charge is -2.11. The van der Waals surface area contributed by atoms with Crippen LogP contribution >= 0.6 is 23.2 Å². The zero-order valence-corrected chi connectivity index (χ0v) is 17.4. The fourth-order valence-electron chi connectivity index (χ4n) is 2.92. The molecule has 1 aromatic heterocycles. The molecule has 3 rings (SSSR count).